The minimum absolute atomic E-state index is 0.399. The molecular weight excluding hydrogens is 338 g/mol. The minimum Gasteiger partial charge on any atom is -0.493 e. The van der Waals surface area contributed by atoms with Crippen molar-refractivity contribution in [1.82, 2.24) is 24.6 Å². The number of aromatic nitrogens is 4. The van der Waals surface area contributed by atoms with E-state index in [2.05, 4.69) is 21.6 Å². The molecule has 140 valence electrons. The zero-order chi connectivity index (χ0) is 18.5. The lowest BCUT2D eigenvalue weighted by Crippen LogP contribution is -2.32. The summed E-state index contributed by atoms with van der Waals surface area (Å²) in [6, 6.07) is 14.2. The van der Waals surface area contributed by atoms with Crippen LogP contribution in [0.2, 0.25) is 0 Å². The molecule has 0 spiro atoms. The molecule has 0 atom stereocenters. The Balaban J connectivity index is 1.53. The Morgan fingerprint density at radius 1 is 1.04 bits per heavy atom. The van der Waals surface area contributed by atoms with Crippen LogP contribution in [0.3, 0.4) is 0 Å². The van der Waals surface area contributed by atoms with Crippen molar-refractivity contribution in [3.63, 3.8) is 0 Å². The van der Waals surface area contributed by atoms with Gasteiger partial charge in [0.25, 0.3) is 0 Å². The van der Waals surface area contributed by atoms with Crippen molar-refractivity contribution in [2.24, 2.45) is 0 Å². The molecule has 0 unspecified atom stereocenters. The van der Waals surface area contributed by atoms with Gasteiger partial charge in [-0.3, -0.25) is 4.98 Å². The van der Waals surface area contributed by atoms with Crippen LogP contribution in [0.5, 0.6) is 5.75 Å². The van der Waals surface area contributed by atoms with Gasteiger partial charge >= 0.3 is 0 Å². The smallest absolute Gasteiger partial charge is 0.181 e. The Labute approximate surface area is 159 Å². The Bertz CT molecular complexity index is 842. The number of rotatable bonds is 6. The number of pyridine rings is 1. The zero-order valence-electron chi connectivity index (χ0n) is 15.7. The van der Waals surface area contributed by atoms with E-state index in [1.54, 1.807) is 12.4 Å². The number of hydrogen-bond acceptors (Lipinski definition) is 5. The summed E-state index contributed by atoms with van der Waals surface area (Å²) in [4.78, 5) is 11.3. The molecule has 0 aliphatic carbocycles. The molecule has 1 aliphatic rings. The molecule has 0 N–H and O–H groups in total. The summed E-state index contributed by atoms with van der Waals surface area (Å²) < 4.78 is 8.02. The first-order valence-electron chi connectivity index (χ1n) is 9.52. The molecule has 2 aromatic heterocycles. The molecule has 0 radical (unpaired) electrons. The molecule has 0 bridgehead atoms. The maximum absolute atomic E-state index is 5.88. The number of nitrogens with zero attached hydrogens (tertiary/aromatic N) is 5. The van der Waals surface area contributed by atoms with Crippen molar-refractivity contribution in [1.29, 1.82) is 0 Å². The molecule has 3 aromatic rings. The average molecular weight is 363 g/mol. The molecule has 6 nitrogen and oxygen atoms in total. The van der Waals surface area contributed by atoms with Gasteiger partial charge in [-0.1, -0.05) is 18.2 Å². The highest BCUT2D eigenvalue weighted by molar-refractivity contribution is 5.53. The van der Waals surface area contributed by atoms with E-state index in [1.807, 2.05) is 42.5 Å². The zero-order valence-corrected chi connectivity index (χ0v) is 15.7. The highest BCUT2D eigenvalue weighted by Gasteiger charge is 2.23. The molecule has 1 fully saturated rings. The first kappa shape index (κ1) is 17.7. The third kappa shape index (κ3) is 4.34. The average Bonchev–Trinajstić information content (AvgIpc) is 3.14. The molecule has 27 heavy (non-hydrogen) atoms. The van der Waals surface area contributed by atoms with Crippen LogP contribution in [0.25, 0.3) is 11.4 Å². The van der Waals surface area contributed by atoms with Gasteiger partial charge in [-0.2, -0.15) is 5.10 Å². The molecule has 3 heterocycles. The molecular formula is C21H25N5O. The second-order valence-corrected chi connectivity index (χ2v) is 6.98. The lowest BCUT2D eigenvalue weighted by Gasteiger charge is -2.29. The van der Waals surface area contributed by atoms with E-state index in [-0.39, 0.29) is 0 Å². The van der Waals surface area contributed by atoms with Crippen LogP contribution in [-0.4, -0.2) is 51.4 Å². The van der Waals surface area contributed by atoms with E-state index in [0.29, 0.717) is 12.6 Å². The van der Waals surface area contributed by atoms with Crippen molar-refractivity contribution < 1.29 is 4.74 Å². The normalized spacial score (nSPS) is 15.7. The molecule has 1 aliphatic heterocycles. The van der Waals surface area contributed by atoms with E-state index in [4.69, 9.17) is 14.8 Å². The SMILES string of the molecule is CN1CCC(n2nc(-c3ccncc3)nc2CCOc2ccccc2)CC1. The van der Waals surface area contributed by atoms with Gasteiger partial charge in [-0.25, -0.2) is 9.67 Å². The molecule has 0 saturated carbocycles. The molecule has 1 aromatic carbocycles. The molecule has 6 heteroatoms. The van der Waals surface area contributed by atoms with Gasteiger partial charge in [0.2, 0.25) is 0 Å². The van der Waals surface area contributed by atoms with Crippen LogP contribution in [0.4, 0.5) is 0 Å². The fourth-order valence-corrected chi connectivity index (χ4v) is 3.46. The third-order valence-electron chi connectivity index (χ3n) is 5.01. The standard InChI is InChI=1S/C21H25N5O/c1-25-14-9-18(10-15-25)26-20(11-16-27-19-5-3-2-4-6-19)23-21(24-26)17-7-12-22-13-8-17/h2-8,12-13,18H,9-11,14-16H2,1H3. The van der Waals surface area contributed by atoms with E-state index in [0.717, 1.165) is 55.3 Å². The Morgan fingerprint density at radius 2 is 1.78 bits per heavy atom. The number of hydrogen-bond donors (Lipinski definition) is 0. The van der Waals surface area contributed by atoms with E-state index < -0.39 is 0 Å². The van der Waals surface area contributed by atoms with Gasteiger partial charge in [0, 0.05) is 24.4 Å². The van der Waals surface area contributed by atoms with Gasteiger partial charge in [-0.05, 0) is 57.2 Å². The van der Waals surface area contributed by atoms with Crippen LogP contribution in [0, 0.1) is 0 Å². The second kappa shape index (κ2) is 8.31. The monoisotopic (exact) mass is 363 g/mol. The summed E-state index contributed by atoms with van der Waals surface area (Å²) in [6.07, 6.45) is 6.50. The molecule has 4 rings (SSSR count). The number of likely N-dealkylation sites (tertiary alicyclic amines) is 1. The van der Waals surface area contributed by atoms with Gasteiger partial charge in [0.05, 0.1) is 12.6 Å². The summed E-state index contributed by atoms with van der Waals surface area (Å²) >= 11 is 0. The summed E-state index contributed by atoms with van der Waals surface area (Å²) in [5.74, 6) is 2.65. The lowest BCUT2D eigenvalue weighted by atomic mass is 10.1. The number of benzene rings is 1. The van der Waals surface area contributed by atoms with Gasteiger partial charge in [-0.15, -0.1) is 0 Å². The largest absolute Gasteiger partial charge is 0.493 e. The maximum Gasteiger partial charge on any atom is 0.181 e. The van der Waals surface area contributed by atoms with Crippen LogP contribution in [-0.2, 0) is 6.42 Å². The lowest BCUT2D eigenvalue weighted by molar-refractivity contribution is 0.207. The van der Waals surface area contributed by atoms with Gasteiger partial charge in [0.1, 0.15) is 11.6 Å². The summed E-state index contributed by atoms with van der Waals surface area (Å²) in [5, 5.41) is 4.86. The second-order valence-electron chi connectivity index (χ2n) is 6.98. The quantitative estimate of drug-likeness (QED) is 0.673. The Morgan fingerprint density at radius 3 is 2.52 bits per heavy atom. The third-order valence-corrected chi connectivity index (χ3v) is 5.01. The van der Waals surface area contributed by atoms with Crippen molar-refractivity contribution in [2.45, 2.75) is 25.3 Å². The predicted molar refractivity (Wildman–Crippen MR) is 105 cm³/mol. The van der Waals surface area contributed by atoms with Crippen LogP contribution in [0.1, 0.15) is 24.7 Å². The summed E-state index contributed by atoms with van der Waals surface area (Å²) in [5.41, 5.74) is 1.00. The Hall–Kier alpha value is -2.73. The first-order valence-corrected chi connectivity index (χ1v) is 9.52. The van der Waals surface area contributed by atoms with Crippen molar-refractivity contribution in [3.8, 4) is 17.1 Å². The van der Waals surface area contributed by atoms with Crippen molar-refractivity contribution in [2.75, 3.05) is 26.7 Å². The predicted octanol–water partition coefficient (Wildman–Crippen LogP) is 3.23. The van der Waals surface area contributed by atoms with E-state index in [1.165, 1.54) is 0 Å². The first-order chi connectivity index (χ1) is 13.3. The fraction of sp³-hybridized carbons (Fsp3) is 0.381. The van der Waals surface area contributed by atoms with Gasteiger partial charge in [0.15, 0.2) is 5.82 Å². The molecule has 1 saturated heterocycles. The van der Waals surface area contributed by atoms with Crippen LogP contribution >= 0.6 is 0 Å². The van der Waals surface area contributed by atoms with E-state index >= 15 is 0 Å². The number of piperidine rings is 1. The highest BCUT2D eigenvalue weighted by atomic mass is 16.5. The van der Waals surface area contributed by atoms with Gasteiger partial charge < -0.3 is 9.64 Å². The van der Waals surface area contributed by atoms with E-state index in [9.17, 15) is 0 Å². The van der Waals surface area contributed by atoms with Crippen LogP contribution < -0.4 is 4.74 Å². The fourth-order valence-electron chi connectivity index (χ4n) is 3.46. The minimum atomic E-state index is 0.399. The van der Waals surface area contributed by atoms with Crippen LogP contribution in [0.15, 0.2) is 54.9 Å². The number of ether oxygens (including phenoxy) is 1. The Kier molecular flexibility index (Phi) is 5.44. The molecule has 0 amide bonds. The van der Waals surface area contributed by atoms with Crippen molar-refractivity contribution in [3.05, 3.63) is 60.7 Å². The summed E-state index contributed by atoms with van der Waals surface area (Å²) in [7, 11) is 2.18. The van der Waals surface area contributed by atoms with Crippen molar-refractivity contribution >= 4 is 0 Å². The summed E-state index contributed by atoms with van der Waals surface area (Å²) in [6.45, 7) is 2.77. The topological polar surface area (TPSA) is 56.1 Å². The maximum atomic E-state index is 5.88. The highest BCUT2D eigenvalue weighted by Crippen LogP contribution is 2.25. The number of para-hydroxylation sites is 1.